The highest BCUT2D eigenvalue weighted by atomic mass is 79.9. The summed E-state index contributed by atoms with van der Waals surface area (Å²) in [4.78, 5) is 25.0. The highest BCUT2D eigenvalue weighted by molar-refractivity contribution is 9.10. The summed E-state index contributed by atoms with van der Waals surface area (Å²) >= 11 is 3.38. The van der Waals surface area contributed by atoms with Gasteiger partial charge in [-0.1, -0.05) is 59.3 Å². The molecule has 3 rings (SSSR count). The second-order valence-electron chi connectivity index (χ2n) is 7.31. The van der Waals surface area contributed by atoms with Gasteiger partial charge >= 0.3 is 6.09 Å². The summed E-state index contributed by atoms with van der Waals surface area (Å²) in [6.45, 7) is 1.78. The molecule has 2 amide bonds. The number of phenols is 1. The van der Waals surface area contributed by atoms with E-state index in [2.05, 4.69) is 26.6 Å². The Labute approximate surface area is 200 Å². The van der Waals surface area contributed by atoms with Crippen LogP contribution in [0, 0.1) is 5.92 Å². The Balaban J connectivity index is 1.78. The van der Waals surface area contributed by atoms with Gasteiger partial charge in [-0.05, 0) is 48.5 Å². The Hall–Kier alpha value is -3.78. The van der Waals surface area contributed by atoms with Crippen LogP contribution in [-0.4, -0.2) is 17.1 Å². The van der Waals surface area contributed by atoms with Gasteiger partial charge < -0.3 is 20.9 Å². The number of amides is 2. The number of halogens is 1. The van der Waals surface area contributed by atoms with E-state index in [1.807, 2.05) is 6.07 Å². The Bertz CT molecular complexity index is 1150. The first-order valence-corrected chi connectivity index (χ1v) is 11.0. The summed E-state index contributed by atoms with van der Waals surface area (Å²) in [7, 11) is 0. The van der Waals surface area contributed by atoms with Gasteiger partial charge in [0.1, 0.15) is 11.9 Å². The molecule has 2 atom stereocenters. The van der Waals surface area contributed by atoms with Crippen molar-refractivity contribution in [2.45, 2.75) is 13.0 Å². The number of para-hydroxylation sites is 3. The lowest BCUT2D eigenvalue weighted by Gasteiger charge is -2.23. The number of nitrogens with two attached hydrogens (primary N) is 1. The molecular weight excluding hydrogens is 486 g/mol. The fourth-order valence-electron chi connectivity index (χ4n) is 3.12. The third kappa shape index (κ3) is 6.85. The summed E-state index contributed by atoms with van der Waals surface area (Å²) in [6.07, 6.45) is 1.40. The Morgan fingerprint density at radius 2 is 1.73 bits per heavy atom. The summed E-state index contributed by atoms with van der Waals surface area (Å²) in [6, 6.07) is 20.7. The minimum atomic E-state index is -0.864. The quantitative estimate of drug-likeness (QED) is 0.235. The standard InChI is InChI=1S/C25H24BrN3O4/c1-16(11-14-23(31)29-21-10-6-5-9-20(21)27)24(19-15-17(26)12-13-22(19)30)33-25(32)28-18-7-3-2-4-8-18/h2-16,24,30H,27H2,1H3,(H,28,32)(H,29,31)/b14-11+/t16-,24+/m1/s1. The first kappa shape index (κ1) is 23.9. The van der Waals surface area contributed by atoms with Crippen LogP contribution in [0.5, 0.6) is 5.75 Å². The number of rotatable bonds is 7. The van der Waals surface area contributed by atoms with Gasteiger partial charge in [0, 0.05) is 21.6 Å². The number of nitrogens with one attached hydrogen (secondary N) is 2. The van der Waals surface area contributed by atoms with Gasteiger partial charge in [0.2, 0.25) is 5.91 Å². The van der Waals surface area contributed by atoms with Crippen LogP contribution in [0.15, 0.2) is 89.4 Å². The largest absolute Gasteiger partial charge is 0.508 e. The summed E-state index contributed by atoms with van der Waals surface area (Å²) in [5.74, 6) is -0.867. The van der Waals surface area contributed by atoms with E-state index in [4.69, 9.17) is 10.5 Å². The number of nitrogen functional groups attached to an aromatic ring is 1. The van der Waals surface area contributed by atoms with E-state index in [0.29, 0.717) is 27.1 Å². The van der Waals surface area contributed by atoms with Crippen molar-refractivity contribution < 1.29 is 19.4 Å². The molecule has 0 heterocycles. The van der Waals surface area contributed by atoms with Crippen molar-refractivity contribution in [3.63, 3.8) is 0 Å². The van der Waals surface area contributed by atoms with E-state index < -0.39 is 18.1 Å². The molecule has 0 bridgehead atoms. The molecular formula is C25H24BrN3O4. The van der Waals surface area contributed by atoms with Crippen LogP contribution in [0.2, 0.25) is 0 Å². The van der Waals surface area contributed by atoms with Gasteiger partial charge in [0.05, 0.1) is 11.4 Å². The first-order valence-electron chi connectivity index (χ1n) is 10.2. The Morgan fingerprint density at radius 3 is 2.45 bits per heavy atom. The minimum Gasteiger partial charge on any atom is -0.508 e. The van der Waals surface area contributed by atoms with Crippen LogP contribution in [0.1, 0.15) is 18.6 Å². The molecule has 0 radical (unpaired) electrons. The predicted molar refractivity (Wildman–Crippen MR) is 133 cm³/mol. The number of ether oxygens (including phenoxy) is 1. The van der Waals surface area contributed by atoms with Crippen molar-refractivity contribution in [3.8, 4) is 5.75 Å². The van der Waals surface area contributed by atoms with Gasteiger partial charge in [-0.15, -0.1) is 0 Å². The van der Waals surface area contributed by atoms with Crippen molar-refractivity contribution >= 4 is 45.0 Å². The zero-order valence-electron chi connectivity index (χ0n) is 17.9. The second kappa shape index (κ2) is 11.2. The highest BCUT2D eigenvalue weighted by Gasteiger charge is 2.25. The molecule has 0 aliphatic carbocycles. The van der Waals surface area contributed by atoms with Crippen molar-refractivity contribution in [2.75, 3.05) is 16.4 Å². The smallest absolute Gasteiger partial charge is 0.412 e. The molecule has 0 aliphatic rings. The van der Waals surface area contributed by atoms with Crippen molar-refractivity contribution in [2.24, 2.45) is 5.92 Å². The zero-order chi connectivity index (χ0) is 23.8. The number of carbonyl (C=O) groups excluding carboxylic acids is 2. The van der Waals surface area contributed by atoms with E-state index in [0.717, 1.165) is 0 Å². The molecule has 0 fully saturated rings. The van der Waals surface area contributed by atoms with E-state index in [-0.39, 0.29) is 11.7 Å². The van der Waals surface area contributed by atoms with E-state index >= 15 is 0 Å². The third-order valence-corrected chi connectivity index (χ3v) is 5.29. The van der Waals surface area contributed by atoms with Gasteiger partial charge in [0.15, 0.2) is 0 Å². The minimum absolute atomic E-state index is 0.0301. The maximum atomic E-state index is 12.6. The van der Waals surface area contributed by atoms with Gasteiger partial charge in [-0.25, -0.2) is 4.79 Å². The number of carbonyl (C=O) groups is 2. The lowest BCUT2D eigenvalue weighted by atomic mass is 9.96. The van der Waals surface area contributed by atoms with Gasteiger partial charge in [-0.3, -0.25) is 10.1 Å². The second-order valence-corrected chi connectivity index (χ2v) is 8.23. The monoisotopic (exact) mass is 509 g/mol. The molecule has 0 saturated carbocycles. The van der Waals surface area contributed by atoms with Crippen molar-refractivity contribution in [3.05, 3.63) is 95.0 Å². The van der Waals surface area contributed by atoms with E-state index in [1.54, 1.807) is 73.7 Å². The zero-order valence-corrected chi connectivity index (χ0v) is 19.5. The van der Waals surface area contributed by atoms with Crippen LogP contribution < -0.4 is 16.4 Å². The molecule has 0 aromatic heterocycles. The fraction of sp³-hybridized carbons (Fsp3) is 0.120. The molecule has 0 saturated heterocycles. The molecule has 7 nitrogen and oxygen atoms in total. The fourth-order valence-corrected chi connectivity index (χ4v) is 3.50. The van der Waals surface area contributed by atoms with E-state index in [9.17, 15) is 14.7 Å². The third-order valence-electron chi connectivity index (χ3n) is 4.80. The lowest BCUT2D eigenvalue weighted by molar-refractivity contribution is -0.111. The van der Waals surface area contributed by atoms with Crippen LogP contribution in [0.25, 0.3) is 0 Å². The molecule has 5 N–H and O–H groups in total. The molecule has 3 aromatic carbocycles. The van der Waals surface area contributed by atoms with Gasteiger partial charge in [0.25, 0.3) is 0 Å². The Kier molecular flexibility index (Phi) is 8.10. The maximum Gasteiger partial charge on any atom is 0.412 e. The molecule has 0 aliphatic heterocycles. The number of hydrogen-bond donors (Lipinski definition) is 4. The first-order chi connectivity index (χ1) is 15.8. The molecule has 0 unspecified atom stereocenters. The van der Waals surface area contributed by atoms with Crippen LogP contribution in [0.4, 0.5) is 21.9 Å². The number of hydrogen-bond acceptors (Lipinski definition) is 5. The summed E-state index contributed by atoms with van der Waals surface area (Å²) < 4.78 is 6.38. The van der Waals surface area contributed by atoms with Crippen LogP contribution in [-0.2, 0) is 9.53 Å². The average Bonchev–Trinajstić information content (AvgIpc) is 2.80. The maximum absolute atomic E-state index is 12.6. The lowest BCUT2D eigenvalue weighted by Crippen LogP contribution is -2.21. The number of phenolic OH excluding ortho intramolecular Hbond substituents is 1. The number of aromatic hydroxyl groups is 1. The summed E-state index contributed by atoms with van der Waals surface area (Å²) in [5, 5.41) is 15.8. The molecule has 3 aromatic rings. The molecule has 33 heavy (non-hydrogen) atoms. The van der Waals surface area contributed by atoms with Crippen molar-refractivity contribution in [1.29, 1.82) is 0 Å². The van der Waals surface area contributed by atoms with Gasteiger partial charge in [-0.2, -0.15) is 0 Å². The Morgan fingerprint density at radius 1 is 1.03 bits per heavy atom. The topological polar surface area (TPSA) is 114 Å². The summed E-state index contributed by atoms with van der Waals surface area (Å²) in [5.41, 5.74) is 7.78. The van der Waals surface area contributed by atoms with E-state index in [1.165, 1.54) is 12.1 Å². The number of benzene rings is 3. The van der Waals surface area contributed by atoms with Crippen molar-refractivity contribution in [1.82, 2.24) is 0 Å². The number of anilines is 3. The normalized spacial score (nSPS) is 12.7. The SMILES string of the molecule is C[C@H](/C=C/C(=O)Nc1ccccc1N)[C@H](OC(=O)Nc1ccccc1)c1cc(Br)ccc1O. The average molecular weight is 510 g/mol. The molecule has 0 spiro atoms. The predicted octanol–water partition coefficient (Wildman–Crippen LogP) is 5.86. The van der Waals surface area contributed by atoms with Crippen LogP contribution >= 0.6 is 15.9 Å². The molecule has 8 heteroatoms. The van der Waals surface area contributed by atoms with Crippen LogP contribution in [0.3, 0.4) is 0 Å². The molecule has 170 valence electrons. The highest BCUT2D eigenvalue weighted by Crippen LogP contribution is 2.35.